The number of anilines is 2. The smallest absolute Gasteiger partial charge is 0.261 e. The second-order valence-electron chi connectivity index (χ2n) is 7.36. The molecular weight excluding hydrogens is 490 g/mol. The van der Waals surface area contributed by atoms with Gasteiger partial charge in [0.25, 0.3) is 10.0 Å². The predicted octanol–water partition coefficient (Wildman–Crippen LogP) is 5.54. The number of benzene rings is 3. The lowest BCUT2D eigenvalue weighted by Gasteiger charge is -2.09. The molecule has 176 valence electrons. The fraction of sp³-hybridized carbons (Fsp3) is 0.167. The summed E-state index contributed by atoms with van der Waals surface area (Å²) in [5.41, 5.74) is 2.25. The Morgan fingerprint density at radius 1 is 1.06 bits per heavy atom. The fourth-order valence-electron chi connectivity index (χ4n) is 3.07. The normalized spacial score (nSPS) is 11.4. The highest BCUT2D eigenvalue weighted by Gasteiger charge is 2.14. The average Bonchev–Trinajstić information content (AvgIpc) is 3.20. The number of amides is 1. The van der Waals surface area contributed by atoms with Crippen molar-refractivity contribution in [1.29, 1.82) is 0 Å². The van der Waals surface area contributed by atoms with Crippen molar-refractivity contribution in [2.24, 2.45) is 0 Å². The third kappa shape index (κ3) is 6.07. The average molecular weight is 514 g/mol. The third-order valence-corrected chi connectivity index (χ3v) is 8.07. The fourth-order valence-corrected chi connectivity index (χ4v) is 5.74. The van der Waals surface area contributed by atoms with E-state index in [0.717, 1.165) is 26.4 Å². The lowest BCUT2D eigenvalue weighted by molar-refractivity contribution is -0.113. The highest BCUT2D eigenvalue weighted by molar-refractivity contribution is 8.00. The van der Waals surface area contributed by atoms with Crippen LogP contribution in [0.2, 0.25) is 0 Å². The summed E-state index contributed by atoms with van der Waals surface area (Å²) in [5.74, 6) is 0.809. The van der Waals surface area contributed by atoms with Gasteiger partial charge in [0, 0.05) is 10.6 Å². The number of nitrogens with zero attached hydrogens (tertiary/aromatic N) is 1. The molecular formula is C24H23N3O4S3. The minimum Gasteiger partial charge on any atom is -0.494 e. The Morgan fingerprint density at radius 2 is 1.79 bits per heavy atom. The number of carbonyl (C=O) groups is 1. The minimum absolute atomic E-state index is 0.168. The zero-order valence-corrected chi connectivity index (χ0v) is 21.0. The van der Waals surface area contributed by atoms with E-state index >= 15 is 0 Å². The number of rotatable bonds is 9. The van der Waals surface area contributed by atoms with E-state index in [1.54, 1.807) is 48.5 Å². The lowest BCUT2D eigenvalue weighted by Crippen LogP contribution is -2.14. The number of sulfonamides is 1. The van der Waals surface area contributed by atoms with Gasteiger partial charge in [-0.05, 0) is 68.4 Å². The summed E-state index contributed by atoms with van der Waals surface area (Å²) in [6.45, 7) is 4.42. The largest absolute Gasteiger partial charge is 0.494 e. The van der Waals surface area contributed by atoms with Crippen LogP contribution in [0, 0.1) is 6.92 Å². The van der Waals surface area contributed by atoms with Gasteiger partial charge < -0.3 is 10.1 Å². The Bertz CT molecular complexity index is 1400. The van der Waals surface area contributed by atoms with E-state index in [9.17, 15) is 13.2 Å². The van der Waals surface area contributed by atoms with Crippen LogP contribution in [-0.4, -0.2) is 31.7 Å². The van der Waals surface area contributed by atoms with E-state index in [0.29, 0.717) is 17.4 Å². The van der Waals surface area contributed by atoms with E-state index in [1.165, 1.54) is 23.1 Å². The summed E-state index contributed by atoms with van der Waals surface area (Å²) in [7, 11) is -3.66. The molecule has 0 saturated carbocycles. The zero-order valence-electron chi connectivity index (χ0n) is 18.6. The van der Waals surface area contributed by atoms with Crippen LogP contribution in [0.25, 0.3) is 10.2 Å². The number of ether oxygens (including phenoxy) is 1. The summed E-state index contributed by atoms with van der Waals surface area (Å²) < 4.78 is 34.1. The number of thiazole rings is 1. The number of carbonyl (C=O) groups excluding carboxylic acids is 1. The summed E-state index contributed by atoms with van der Waals surface area (Å²) in [6, 6.07) is 19.2. The van der Waals surface area contributed by atoms with Gasteiger partial charge in [-0.25, -0.2) is 13.4 Å². The molecule has 3 aromatic carbocycles. The van der Waals surface area contributed by atoms with Gasteiger partial charge in [0.2, 0.25) is 5.91 Å². The number of nitrogens with one attached hydrogen (secondary N) is 2. The van der Waals surface area contributed by atoms with Crippen LogP contribution >= 0.6 is 23.1 Å². The van der Waals surface area contributed by atoms with Crippen molar-refractivity contribution < 1.29 is 17.9 Å². The Balaban J connectivity index is 1.32. The van der Waals surface area contributed by atoms with E-state index in [1.807, 2.05) is 32.0 Å². The second-order valence-corrected chi connectivity index (χ2v) is 11.1. The Morgan fingerprint density at radius 3 is 2.50 bits per heavy atom. The van der Waals surface area contributed by atoms with Crippen LogP contribution < -0.4 is 14.8 Å². The zero-order chi connectivity index (χ0) is 24.1. The number of hydrogen-bond acceptors (Lipinski definition) is 7. The number of fused-ring (bicyclic) bond motifs is 1. The van der Waals surface area contributed by atoms with Crippen molar-refractivity contribution >= 4 is 60.1 Å². The van der Waals surface area contributed by atoms with E-state index in [2.05, 4.69) is 15.0 Å². The summed E-state index contributed by atoms with van der Waals surface area (Å²) in [6.07, 6.45) is 0. The summed E-state index contributed by atoms with van der Waals surface area (Å²) >= 11 is 2.75. The molecule has 0 saturated heterocycles. The minimum atomic E-state index is -3.66. The van der Waals surface area contributed by atoms with E-state index < -0.39 is 10.0 Å². The molecule has 10 heteroatoms. The van der Waals surface area contributed by atoms with Crippen LogP contribution in [0.15, 0.2) is 76.5 Å². The SMILES string of the molecule is CCOc1ccc2nc(NC(=O)CSc3ccc(NS(=O)(=O)c4ccc(C)cc4)cc3)sc2c1. The highest BCUT2D eigenvalue weighted by Crippen LogP contribution is 2.30. The van der Waals surface area contributed by atoms with Crippen molar-refractivity contribution in [3.63, 3.8) is 0 Å². The van der Waals surface area contributed by atoms with Gasteiger partial charge in [-0.15, -0.1) is 11.8 Å². The molecule has 7 nitrogen and oxygen atoms in total. The molecule has 0 unspecified atom stereocenters. The Hall–Kier alpha value is -3.08. The Labute approximate surface area is 206 Å². The van der Waals surface area contributed by atoms with Gasteiger partial charge in [0.1, 0.15) is 5.75 Å². The van der Waals surface area contributed by atoms with Crippen LogP contribution in [0.3, 0.4) is 0 Å². The topological polar surface area (TPSA) is 97.4 Å². The maximum Gasteiger partial charge on any atom is 0.261 e. The molecule has 4 aromatic rings. The number of thioether (sulfide) groups is 1. The van der Waals surface area contributed by atoms with E-state index in [4.69, 9.17) is 4.74 Å². The molecule has 0 fully saturated rings. The first-order chi connectivity index (χ1) is 16.3. The number of aromatic nitrogens is 1. The standard InChI is InChI=1S/C24H23N3O4S3/c1-3-31-18-8-13-21-22(14-18)33-24(25-21)26-23(28)15-32-19-9-6-17(7-10-19)27-34(29,30)20-11-4-16(2)5-12-20/h4-14,27H,3,15H2,1-2H3,(H,25,26,28). The molecule has 0 aliphatic carbocycles. The van der Waals surface area contributed by atoms with Crippen molar-refractivity contribution in [2.45, 2.75) is 23.6 Å². The summed E-state index contributed by atoms with van der Waals surface area (Å²) in [5, 5.41) is 3.37. The molecule has 4 rings (SSSR count). The summed E-state index contributed by atoms with van der Waals surface area (Å²) in [4.78, 5) is 17.9. The molecule has 0 radical (unpaired) electrons. The van der Waals surface area contributed by atoms with Crippen LogP contribution in [-0.2, 0) is 14.8 Å². The molecule has 0 bridgehead atoms. The van der Waals surface area contributed by atoms with Gasteiger partial charge >= 0.3 is 0 Å². The first-order valence-corrected chi connectivity index (χ1v) is 13.8. The first kappa shape index (κ1) is 24.1. The lowest BCUT2D eigenvalue weighted by atomic mass is 10.2. The van der Waals surface area contributed by atoms with Gasteiger partial charge in [-0.2, -0.15) is 0 Å². The molecule has 1 aromatic heterocycles. The van der Waals surface area contributed by atoms with Gasteiger partial charge in [-0.3, -0.25) is 9.52 Å². The van der Waals surface area contributed by atoms with Gasteiger partial charge in [-0.1, -0.05) is 29.0 Å². The number of aryl methyl sites for hydroxylation is 1. The molecule has 1 amide bonds. The molecule has 34 heavy (non-hydrogen) atoms. The van der Waals surface area contributed by atoms with Gasteiger partial charge in [0.15, 0.2) is 5.13 Å². The van der Waals surface area contributed by atoms with Crippen molar-refractivity contribution in [1.82, 2.24) is 4.98 Å². The third-order valence-electron chi connectivity index (χ3n) is 4.73. The monoisotopic (exact) mass is 513 g/mol. The van der Waals surface area contributed by atoms with E-state index in [-0.39, 0.29) is 16.6 Å². The Kier molecular flexibility index (Phi) is 7.40. The predicted molar refractivity (Wildman–Crippen MR) is 139 cm³/mol. The quantitative estimate of drug-likeness (QED) is 0.286. The maximum atomic E-state index is 12.5. The van der Waals surface area contributed by atoms with Crippen LogP contribution in [0.1, 0.15) is 12.5 Å². The molecule has 2 N–H and O–H groups in total. The molecule has 1 heterocycles. The molecule has 0 atom stereocenters. The van der Waals surface area contributed by atoms with Crippen molar-refractivity contribution in [3.8, 4) is 5.75 Å². The second kappa shape index (κ2) is 10.5. The van der Waals surface area contributed by atoms with Gasteiger partial charge in [0.05, 0.1) is 27.5 Å². The highest BCUT2D eigenvalue weighted by atomic mass is 32.2. The van der Waals surface area contributed by atoms with Crippen LogP contribution in [0.5, 0.6) is 5.75 Å². The first-order valence-electron chi connectivity index (χ1n) is 10.5. The maximum absolute atomic E-state index is 12.5. The van der Waals surface area contributed by atoms with Crippen molar-refractivity contribution in [3.05, 3.63) is 72.3 Å². The molecule has 0 aliphatic heterocycles. The molecule has 0 spiro atoms. The van der Waals surface area contributed by atoms with Crippen molar-refractivity contribution in [2.75, 3.05) is 22.4 Å². The van der Waals surface area contributed by atoms with Crippen LogP contribution in [0.4, 0.5) is 10.8 Å². The number of hydrogen-bond donors (Lipinski definition) is 2. The molecule has 0 aliphatic rings.